The molecule has 11 nitrogen and oxygen atoms in total. The predicted octanol–water partition coefficient (Wildman–Crippen LogP) is 3.14. The number of rotatable bonds is 10. The van der Waals surface area contributed by atoms with Crippen molar-refractivity contribution in [1.29, 1.82) is 0 Å². The number of H-pyrrole nitrogens is 1. The van der Waals surface area contributed by atoms with E-state index in [1.54, 1.807) is 6.92 Å². The summed E-state index contributed by atoms with van der Waals surface area (Å²) in [4.78, 5) is 38.2. The Bertz CT molecular complexity index is 1300. The number of halogens is 3. The van der Waals surface area contributed by atoms with Gasteiger partial charge in [-0.15, -0.1) is 0 Å². The number of aliphatic hydroxyl groups excluding tert-OH is 1. The fourth-order valence-electron chi connectivity index (χ4n) is 3.57. The highest BCUT2D eigenvalue weighted by Gasteiger charge is 2.56. The highest BCUT2D eigenvalue weighted by molar-refractivity contribution is 9.10. The molecule has 2 N–H and O–H groups in total. The van der Waals surface area contributed by atoms with Gasteiger partial charge in [0.2, 0.25) is 0 Å². The van der Waals surface area contributed by atoms with E-state index < -0.39 is 71.0 Å². The number of aromatic nitrogens is 2. The Morgan fingerprint density at radius 2 is 2.08 bits per heavy atom. The van der Waals surface area contributed by atoms with Crippen LogP contribution in [0, 0.1) is 11.2 Å². The van der Waals surface area contributed by atoms with E-state index in [0.29, 0.717) is 0 Å². The van der Waals surface area contributed by atoms with Crippen molar-refractivity contribution in [2.45, 2.75) is 43.0 Å². The van der Waals surface area contributed by atoms with Crippen LogP contribution in [0.2, 0.25) is 0 Å². The van der Waals surface area contributed by atoms with E-state index in [1.807, 2.05) is 0 Å². The first-order valence-electron chi connectivity index (χ1n) is 11.1. The number of nitrogens with zero attached hydrogens (tertiary/aromatic N) is 1. The quantitative estimate of drug-likeness (QED) is 0.230. The van der Waals surface area contributed by atoms with Crippen LogP contribution in [-0.4, -0.2) is 56.0 Å². The van der Waals surface area contributed by atoms with Crippen molar-refractivity contribution in [3.8, 4) is 5.75 Å². The van der Waals surface area contributed by atoms with E-state index in [9.17, 15) is 28.4 Å². The van der Waals surface area contributed by atoms with Crippen molar-refractivity contribution in [3.63, 3.8) is 0 Å². The van der Waals surface area contributed by atoms with Crippen LogP contribution in [0.1, 0.15) is 27.0 Å². The second-order valence-corrected chi connectivity index (χ2v) is 13.3. The molecule has 0 unspecified atom stereocenters. The van der Waals surface area contributed by atoms with E-state index in [0.717, 1.165) is 22.9 Å². The van der Waals surface area contributed by atoms with Gasteiger partial charge in [0.25, 0.3) is 5.56 Å². The Hall–Kier alpha value is -2.02. The van der Waals surface area contributed by atoms with Gasteiger partial charge in [0.1, 0.15) is 23.8 Å². The first-order valence-corrected chi connectivity index (χ1v) is 14.0. The fraction of sp³-hybridized carbons (Fsp3) is 0.500. The minimum Gasteiger partial charge on any atom is -0.466 e. The van der Waals surface area contributed by atoms with Crippen LogP contribution in [0.25, 0.3) is 0 Å². The lowest BCUT2D eigenvalue weighted by atomic mass is 9.97. The smallest absolute Gasteiger partial charge is 0.380 e. The van der Waals surface area contributed by atoms with Crippen molar-refractivity contribution in [1.82, 2.24) is 9.55 Å². The van der Waals surface area contributed by atoms with Crippen LogP contribution >= 0.6 is 35.1 Å². The molecule has 0 bridgehead atoms. The van der Waals surface area contributed by atoms with E-state index >= 15 is 0 Å². The zero-order valence-electron chi connectivity index (χ0n) is 20.1. The first-order chi connectivity index (χ1) is 17.2. The van der Waals surface area contributed by atoms with E-state index in [1.165, 1.54) is 32.0 Å². The Morgan fingerprint density at radius 3 is 2.70 bits per heavy atom. The van der Waals surface area contributed by atoms with E-state index in [4.69, 9.17) is 30.1 Å². The molecule has 3 rings (SSSR count). The molecule has 1 aromatic heterocycles. The summed E-state index contributed by atoms with van der Waals surface area (Å²) in [5.74, 6) is -1.42. The van der Waals surface area contributed by atoms with Crippen molar-refractivity contribution < 1.29 is 37.4 Å². The number of carbonyl (C=O) groups is 1. The molecule has 2 heterocycles. The van der Waals surface area contributed by atoms with Crippen LogP contribution in [0.15, 0.2) is 46.1 Å². The number of esters is 1. The summed E-state index contributed by atoms with van der Waals surface area (Å²) >= 11 is 9.59. The summed E-state index contributed by atoms with van der Waals surface area (Å²) in [6.07, 6.45) is -3.36. The van der Waals surface area contributed by atoms with Gasteiger partial charge in [-0.3, -0.25) is 23.7 Å². The second kappa shape index (κ2) is 11.4. The molecule has 0 amide bonds. The Balaban J connectivity index is 1.86. The summed E-state index contributed by atoms with van der Waals surface area (Å²) in [6, 6.07) is 5.93. The fourth-order valence-corrected chi connectivity index (χ4v) is 6.60. The van der Waals surface area contributed by atoms with Gasteiger partial charge in [-0.25, -0.2) is 13.8 Å². The third-order valence-electron chi connectivity index (χ3n) is 5.38. The Morgan fingerprint density at radius 1 is 1.38 bits per heavy atom. The molecule has 1 aliphatic heterocycles. The molecule has 37 heavy (non-hydrogen) atoms. The molecule has 1 aliphatic rings. The summed E-state index contributed by atoms with van der Waals surface area (Å²) in [7, 11) is -4.22. The van der Waals surface area contributed by atoms with Crippen LogP contribution < -0.4 is 15.8 Å². The molecule has 204 valence electrons. The van der Waals surface area contributed by atoms with Gasteiger partial charge in [-0.2, -0.15) is 0 Å². The molecule has 0 aliphatic carbocycles. The van der Waals surface area contributed by atoms with E-state index in [-0.39, 0.29) is 12.4 Å². The van der Waals surface area contributed by atoms with Gasteiger partial charge in [0, 0.05) is 18.3 Å². The number of nitrogens with one attached hydrogen (secondary N) is 1. The lowest BCUT2D eigenvalue weighted by molar-refractivity contribution is -0.152. The number of aliphatic hydroxyl groups is 1. The third-order valence-corrected chi connectivity index (χ3v) is 8.86. The highest BCUT2D eigenvalue weighted by Crippen LogP contribution is 2.54. The standard InChI is InChI=1S/C22H26BrClFN2O9P/c1-4-33-19(30)21(2,3)12-37(32,36-14-7-5-6-13(25)10-14)34-11-15-17(29)22(23,24)18(35-15)27-9-8-16(28)26-20(27)31/h5-10,15,17-18,29H,4,11-12H2,1-3H3,(H,26,28,31)/t15-,17-,18-,22+,37+/m1/s1. The molecule has 1 saturated heterocycles. The van der Waals surface area contributed by atoms with Crippen molar-refractivity contribution in [2.24, 2.45) is 5.41 Å². The summed E-state index contributed by atoms with van der Waals surface area (Å²) in [6.45, 7) is 4.13. The normalized spacial score (nSPS) is 25.4. The largest absolute Gasteiger partial charge is 0.466 e. The highest BCUT2D eigenvalue weighted by atomic mass is 79.9. The minimum absolute atomic E-state index is 0.0921. The molecule has 15 heteroatoms. The average molecular weight is 628 g/mol. The second-order valence-electron chi connectivity index (χ2n) is 8.88. The van der Waals surface area contributed by atoms with Gasteiger partial charge < -0.3 is 19.1 Å². The number of hydrogen-bond acceptors (Lipinski definition) is 9. The maximum atomic E-state index is 13.8. The van der Waals surface area contributed by atoms with Gasteiger partial charge in [-0.1, -0.05) is 33.6 Å². The van der Waals surface area contributed by atoms with Gasteiger partial charge in [0.05, 0.1) is 24.8 Å². The number of hydrogen-bond donors (Lipinski definition) is 2. The lowest BCUT2D eigenvalue weighted by Crippen LogP contribution is -2.41. The van der Waals surface area contributed by atoms with Crippen molar-refractivity contribution in [2.75, 3.05) is 19.4 Å². The zero-order chi connectivity index (χ0) is 27.6. The molecule has 0 spiro atoms. The van der Waals surface area contributed by atoms with Gasteiger partial charge in [0.15, 0.2) is 10.0 Å². The van der Waals surface area contributed by atoms with Crippen molar-refractivity contribution >= 4 is 41.1 Å². The summed E-state index contributed by atoms with van der Waals surface area (Å²) in [5, 5.41) is 10.8. The molecule has 1 fully saturated rings. The van der Waals surface area contributed by atoms with E-state index in [2.05, 4.69) is 20.9 Å². The molecule has 0 radical (unpaired) electrons. The topological polar surface area (TPSA) is 146 Å². The van der Waals surface area contributed by atoms with Crippen LogP contribution in [0.4, 0.5) is 4.39 Å². The van der Waals surface area contributed by atoms with Gasteiger partial charge in [-0.05, 0) is 32.9 Å². The summed E-state index contributed by atoms with van der Waals surface area (Å²) in [5.41, 5.74) is -2.81. The van der Waals surface area contributed by atoms with Crippen LogP contribution in [0.5, 0.6) is 5.75 Å². The molecular weight excluding hydrogens is 602 g/mol. The number of aromatic amines is 1. The first kappa shape index (κ1) is 29.5. The molecule has 1 aromatic carbocycles. The number of alkyl halides is 2. The number of ether oxygens (including phenoxy) is 2. The number of carbonyl (C=O) groups excluding carboxylic acids is 1. The average Bonchev–Trinajstić information content (AvgIpc) is 3.01. The Kier molecular flexibility index (Phi) is 9.09. The maximum Gasteiger partial charge on any atom is 0.380 e. The SMILES string of the molecule is CCOC(=O)C(C)(C)C[P@](=O)(OC[C@H]1O[C@@H](n2ccc(=O)[nH]c2=O)[C@](Cl)(Br)[C@@H]1O)Oc1cccc(F)c1. The van der Waals surface area contributed by atoms with Crippen LogP contribution in [-0.2, 0) is 23.4 Å². The predicted molar refractivity (Wildman–Crippen MR) is 135 cm³/mol. The summed E-state index contributed by atoms with van der Waals surface area (Å²) < 4.78 is 48.7. The van der Waals surface area contributed by atoms with Gasteiger partial charge >= 0.3 is 19.3 Å². The lowest BCUT2D eigenvalue weighted by Gasteiger charge is -2.28. The Labute approximate surface area is 224 Å². The monoisotopic (exact) mass is 626 g/mol. The third kappa shape index (κ3) is 6.90. The maximum absolute atomic E-state index is 13.8. The molecular formula is C22H26BrClFN2O9P. The number of benzene rings is 1. The molecule has 2 aromatic rings. The van der Waals surface area contributed by atoms with Crippen molar-refractivity contribution in [3.05, 3.63) is 63.2 Å². The molecule has 5 atom stereocenters. The van der Waals surface area contributed by atoms with Crippen LogP contribution in [0.3, 0.4) is 0 Å². The minimum atomic E-state index is -4.22. The molecule has 0 saturated carbocycles. The zero-order valence-corrected chi connectivity index (χ0v) is 23.3.